The zero-order chi connectivity index (χ0) is 11.6. The zero-order valence-corrected chi connectivity index (χ0v) is 10.3. The van der Waals surface area contributed by atoms with Crippen LogP contribution in [0.15, 0.2) is 0 Å². The minimum atomic E-state index is -0.261. The van der Waals surface area contributed by atoms with E-state index in [1.54, 1.807) is 0 Å². The molecule has 0 aromatic carbocycles. The molecule has 2 rings (SSSR count). The fourth-order valence-corrected chi connectivity index (χ4v) is 3.52. The molecule has 0 bridgehead atoms. The summed E-state index contributed by atoms with van der Waals surface area (Å²) >= 11 is 0. The fraction of sp³-hybridized carbons (Fsp3) is 1.00. The van der Waals surface area contributed by atoms with E-state index in [0.717, 1.165) is 38.9 Å². The van der Waals surface area contributed by atoms with Gasteiger partial charge in [-0.05, 0) is 31.6 Å². The Morgan fingerprint density at radius 2 is 2.31 bits per heavy atom. The second-order valence-electron chi connectivity index (χ2n) is 5.84. The molecule has 0 radical (unpaired) electrons. The molecule has 3 heteroatoms. The van der Waals surface area contributed by atoms with Crippen LogP contribution in [0.3, 0.4) is 0 Å². The highest BCUT2D eigenvalue weighted by molar-refractivity contribution is 4.96. The summed E-state index contributed by atoms with van der Waals surface area (Å²) in [4.78, 5) is 0. The molecule has 1 aliphatic heterocycles. The molecular formula is C13H25NO2. The van der Waals surface area contributed by atoms with Gasteiger partial charge in [0.25, 0.3) is 0 Å². The molecule has 0 aromatic heterocycles. The molecule has 4 unspecified atom stereocenters. The van der Waals surface area contributed by atoms with Crippen molar-refractivity contribution in [2.24, 2.45) is 23.0 Å². The number of aliphatic hydroxyl groups excluding tert-OH is 1. The van der Waals surface area contributed by atoms with Crippen molar-refractivity contribution in [3.05, 3.63) is 0 Å². The number of aliphatic hydroxyl groups is 1. The lowest BCUT2D eigenvalue weighted by Gasteiger charge is -2.39. The summed E-state index contributed by atoms with van der Waals surface area (Å²) in [5.41, 5.74) is 5.91. The Bertz CT molecular complexity index is 228. The van der Waals surface area contributed by atoms with Gasteiger partial charge in [-0.25, -0.2) is 0 Å². The van der Waals surface area contributed by atoms with Crippen molar-refractivity contribution < 1.29 is 9.84 Å². The van der Waals surface area contributed by atoms with Crippen LogP contribution >= 0.6 is 0 Å². The lowest BCUT2D eigenvalue weighted by Crippen LogP contribution is -2.46. The minimum absolute atomic E-state index is 0.0230. The van der Waals surface area contributed by atoms with Crippen LogP contribution in [-0.2, 0) is 4.74 Å². The summed E-state index contributed by atoms with van der Waals surface area (Å²) in [6.07, 6.45) is 5.29. The largest absolute Gasteiger partial charge is 0.392 e. The standard InChI is InChI=1S/C13H25NO2/c1-10-4-5-13(7-10,9-14)12(15)11-3-2-6-16-8-11/h10-12,15H,2-9,14H2,1H3. The summed E-state index contributed by atoms with van der Waals surface area (Å²) in [6, 6.07) is 0. The summed E-state index contributed by atoms with van der Waals surface area (Å²) in [5, 5.41) is 10.6. The van der Waals surface area contributed by atoms with E-state index in [9.17, 15) is 5.11 Å². The maximum Gasteiger partial charge on any atom is 0.0658 e. The van der Waals surface area contributed by atoms with Crippen molar-refractivity contribution in [2.45, 2.75) is 45.1 Å². The van der Waals surface area contributed by atoms with Crippen molar-refractivity contribution in [1.29, 1.82) is 0 Å². The Kier molecular flexibility index (Phi) is 3.88. The molecule has 1 aliphatic carbocycles. The first-order valence-electron chi connectivity index (χ1n) is 6.64. The molecule has 3 N–H and O–H groups in total. The van der Waals surface area contributed by atoms with Gasteiger partial charge in [-0.1, -0.05) is 13.3 Å². The van der Waals surface area contributed by atoms with Crippen LogP contribution in [0.1, 0.15) is 39.0 Å². The second kappa shape index (κ2) is 5.03. The van der Waals surface area contributed by atoms with Gasteiger partial charge in [0.15, 0.2) is 0 Å². The van der Waals surface area contributed by atoms with E-state index >= 15 is 0 Å². The van der Waals surface area contributed by atoms with Gasteiger partial charge in [0.1, 0.15) is 0 Å². The molecule has 16 heavy (non-hydrogen) atoms. The van der Waals surface area contributed by atoms with Crippen LogP contribution in [0.4, 0.5) is 0 Å². The smallest absolute Gasteiger partial charge is 0.0658 e. The fourth-order valence-electron chi connectivity index (χ4n) is 3.52. The molecule has 94 valence electrons. The maximum absolute atomic E-state index is 10.6. The molecule has 0 aromatic rings. The first-order chi connectivity index (χ1) is 7.68. The predicted molar refractivity (Wildman–Crippen MR) is 64.1 cm³/mol. The molecule has 2 fully saturated rings. The van der Waals surface area contributed by atoms with Gasteiger partial charge in [0.2, 0.25) is 0 Å². The number of nitrogens with two attached hydrogens (primary N) is 1. The highest BCUT2D eigenvalue weighted by Gasteiger charge is 2.45. The molecule has 1 saturated heterocycles. The van der Waals surface area contributed by atoms with E-state index in [1.165, 1.54) is 6.42 Å². The van der Waals surface area contributed by atoms with Crippen LogP contribution in [-0.4, -0.2) is 31.0 Å². The van der Waals surface area contributed by atoms with Crippen molar-refractivity contribution >= 4 is 0 Å². The summed E-state index contributed by atoms with van der Waals surface area (Å²) in [6.45, 7) is 4.46. The monoisotopic (exact) mass is 227 g/mol. The predicted octanol–water partition coefficient (Wildman–Crippen LogP) is 1.54. The van der Waals surface area contributed by atoms with Gasteiger partial charge in [-0.2, -0.15) is 0 Å². The van der Waals surface area contributed by atoms with Crippen LogP contribution in [0.25, 0.3) is 0 Å². The normalized spacial score (nSPS) is 42.2. The average molecular weight is 227 g/mol. The Balaban J connectivity index is 2.02. The molecule has 4 atom stereocenters. The Morgan fingerprint density at radius 3 is 2.81 bits per heavy atom. The van der Waals surface area contributed by atoms with Crippen LogP contribution in [0.2, 0.25) is 0 Å². The molecule has 1 saturated carbocycles. The summed E-state index contributed by atoms with van der Waals surface area (Å²) in [7, 11) is 0. The molecular weight excluding hydrogens is 202 g/mol. The van der Waals surface area contributed by atoms with Gasteiger partial charge >= 0.3 is 0 Å². The zero-order valence-electron chi connectivity index (χ0n) is 10.3. The second-order valence-corrected chi connectivity index (χ2v) is 5.84. The third kappa shape index (κ3) is 2.27. The third-order valence-corrected chi connectivity index (χ3v) is 4.57. The molecule has 1 heterocycles. The average Bonchev–Trinajstić information content (AvgIpc) is 2.72. The number of hydrogen-bond acceptors (Lipinski definition) is 3. The lowest BCUT2D eigenvalue weighted by molar-refractivity contribution is -0.0670. The quantitative estimate of drug-likeness (QED) is 0.769. The molecule has 0 spiro atoms. The number of rotatable bonds is 3. The van der Waals surface area contributed by atoms with E-state index in [0.29, 0.717) is 18.4 Å². The molecule has 3 nitrogen and oxygen atoms in total. The maximum atomic E-state index is 10.6. The molecule has 0 amide bonds. The summed E-state index contributed by atoms with van der Waals surface area (Å²) < 4.78 is 5.48. The van der Waals surface area contributed by atoms with Gasteiger partial charge < -0.3 is 15.6 Å². The van der Waals surface area contributed by atoms with Crippen LogP contribution in [0, 0.1) is 17.3 Å². The van der Waals surface area contributed by atoms with Crippen molar-refractivity contribution in [3.63, 3.8) is 0 Å². The van der Waals surface area contributed by atoms with Gasteiger partial charge in [-0.3, -0.25) is 0 Å². The minimum Gasteiger partial charge on any atom is -0.392 e. The highest BCUT2D eigenvalue weighted by Crippen LogP contribution is 2.46. The van der Waals surface area contributed by atoms with Crippen LogP contribution < -0.4 is 5.73 Å². The van der Waals surface area contributed by atoms with Gasteiger partial charge in [-0.15, -0.1) is 0 Å². The Hall–Kier alpha value is -0.120. The van der Waals surface area contributed by atoms with E-state index in [2.05, 4.69) is 6.92 Å². The topological polar surface area (TPSA) is 55.5 Å². The van der Waals surface area contributed by atoms with E-state index in [-0.39, 0.29) is 11.5 Å². The lowest BCUT2D eigenvalue weighted by atomic mass is 9.73. The van der Waals surface area contributed by atoms with E-state index in [4.69, 9.17) is 10.5 Å². The molecule has 2 aliphatic rings. The number of ether oxygens (including phenoxy) is 1. The van der Waals surface area contributed by atoms with Gasteiger partial charge in [0.05, 0.1) is 12.7 Å². The third-order valence-electron chi connectivity index (χ3n) is 4.57. The van der Waals surface area contributed by atoms with Crippen molar-refractivity contribution in [3.8, 4) is 0 Å². The van der Waals surface area contributed by atoms with E-state index < -0.39 is 0 Å². The SMILES string of the molecule is CC1CCC(CN)(C(O)C2CCCOC2)C1. The summed E-state index contributed by atoms with van der Waals surface area (Å²) in [5.74, 6) is 1.02. The van der Waals surface area contributed by atoms with Gasteiger partial charge in [0, 0.05) is 24.5 Å². The first kappa shape index (κ1) is 12.3. The van der Waals surface area contributed by atoms with Crippen molar-refractivity contribution in [1.82, 2.24) is 0 Å². The highest BCUT2D eigenvalue weighted by atomic mass is 16.5. The first-order valence-corrected chi connectivity index (χ1v) is 6.64. The van der Waals surface area contributed by atoms with E-state index in [1.807, 2.05) is 0 Å². The van der Waals surface area contributed by atoms with Crippen LogP contribution in [0.5, 0.6) is 0 Å². The number of hydrogen-bond donors (Lipinski definition) is 2. The van der Waals surface area contributed by atoms with Crippen molar-refractivity contribution in [2.75, 3.05) is 19.8 Å². The Labute approximate surface area is 98.4 Å². The Morgan fingerprint density at radius 1 is 1.50 bits per heavy atom.